The average Bonchev–Trinajstić information content (AvgIpc) is 3.16. The van der Waals surface area contributed by atoms with Gasteiger partial charge in [0.2, 0.25) is 0 Å². The predicted molar refractivity (Wildman–Crippen MR) is 127 cm³/mol. The average molecular weight is 431 g/mol. The molecule has 0 saturated carbocycles. The molecule has 1 saturated heterocycles. The first-order valence-corrected chi connectivity index (χ1v) is 12.8. The molecule has 2 atom stereocenters. The topological polar surface area (TPSA) is 35.5 Å². The van der Waals surface area contributed by atoms with Crippen LogP contribution < -0.4 is 10.4 Å². The quantitative estimate of drug-likeness (QED) is 0.421. The summed E-state index contributed by atoms with van der Waals surface area (Å²) in [5, 5.41) is 2.35. The summed E-state index contributed by atoms with van der Waals surface area (Å²) in [6, 6.07) is 31.3. The second kappa shape index (κ2) is 8.81. The van der Waals surface area contributed by atoms with Gasteiger partial charge >= 0.3 is 5.97 Å². The van der Waals surface area contributed by atoms with Gasteiger partial charge in [0.05, 0.1) is 13.0 Å². The van der Waals surface area contributed by atoms with Crippen molar-refractivity contribution in [2.24, 2.45) is 0 Å². The summed E-state index contributed by atoms with van der Waals surface area (Å²) in [4.78, 5) is 12.2. The molecule has 0 spiro atoms. The summed E-state index contributed by atoms with van der Waals surface area (Å²) in [6.07, 6.45) is 0.121. The molecule has 0 aliphatic carbocycles. The van der Waals surface area contributed by atoms with E-state index in [0.29, 0.717) is 13.0 Å². The molecule has 31 heavy (non-hydrogen) atoms. The summed E-state index contributed by atoms with van der Waals surface area (Å²) in [5.41, 5.74) is 1.13. The number of cyclic esters (lactones) is 1. The number of esters is 1. The number of hydrogen-bond acceptors (Lipinski definition) is 3. The van der Waals surface area contributed by atoms with Gasteiger partial charge in [0.25, 0.3) is 8.32 Å². The molecular formula is C27H30O3Si. The molecule has 0 bridgehead atoms. The second-order valence-corrected chi connectivity index (χ2v) is 13.5. The number of carbonyl (C=O) groups excluding carboxylic acids is 1. The summed E-state index contributed by atoms with van der Waals surface area (Å²) in [6.45, 7) is 7.16. The molecule has 0 amide bonds. The van der Waals surface area contributed by atoms with Crippen LogP contribution in [0.15, 0.2) is 91.0 Å². The Kier molecular flexibility index (Phi) is 6.12. The molecule has 3 nitrogen and oxygen atoms in total. The van der Waals surface area contributed by atoms with Crippen molar-refractivity contribution in [3.8, 4) is 0 Å². The van der Waals surface area contributed by atoms with Crippen LogP contribution in [0.4, 0.5) is 0 Å². The summed E-state index contributed by atoms with van der Waals surface area (Å²) >= 11 is 0. The molecule has 4 rings (SSSR count). The summed E-state index contributed by atoms with van der Waals surface area (Å²) in [5.74, 6) is -0.128. The van der Waals surface area contributed by atoms with Crippen molar-refractivity contribution in [3.63, 3.8) is 0 Å². The van der Waals surface area contributed by atoms with Crippen LogP contribution in [0.25, 0.3) is 0 Å². The zero-order chi connectivity index (χ0) is 21.9. The lowest BCUT2D eigenvalue weighted by atomic mass is 9.93. The third-order valence-corrected chi connectivity index (χ3v) is 11.2. The number of hydrogen-bond donors (Lipinski definition) is 0. The molecule has 3 aromatic carbocycles. The fourth-order valence-corrected chi connectivity index (χ4v) is 9.33. The fourth-order valence-electron chi connectivity index (χ4n) is 4.76. The molecule has 0 aromatic heterocycles. The molecule has 1 aliphatic heterocycles. The highest BCUT2D eigenvalue weighted by Crippen LogP contribution is 2.39. The van der Waals surface area contributed by atoms with E-state index < -0.39 is 8.32 Å². The first-order valence-electron chi connectivity index (χ1n) is 10.9. The summed E-state index contributed by atoms with van der Waals surface area (Å²) < 4.78 is 12.8. The van der Waals surface area contributed by atoms with Gasteiger partial charge in [-0.3, -0.25) is 4.79 Å². The minimum absolute atomic E-state index is 0.0203. The largest absolute Gasteiger partial charge is 0.459 e. The van der Waals surface area contributed by atoms with E-state index >= 15 is 0 Å². The van der Waals surface area contributed by atoms with Crippen LogP contribution in [0.2, 0.25) is 5.04 Å². The Morgan fingerprint density at radius 2 is 1.32 bits per heavy atom. The van der Waals surface area contributed by atoms with Gasteiger partial charge in [-0.05, 0) is 21.0 Å². The third-order valence-electron chi connectivity index (χ3n) is 6.23. The molecule has 1 fully saturated rings. The second-order valence-electron chi connectivity index (χ2n) is 9.22. The van der Waals surface area contributed by atoms with Gasteiger partial charge in [-0.15, -0.1) is 0 Å². The van der Waals surface area contributed by atoms with Crippen molar-refractivity contribution < 1.29 is 14.0 Å². The van der Waals surface area contributed by atoms with E-state index in [1.54, 1.807) is 0 Å². The van der Waals surface area contributed by atoms with Crippen molar-refractivity contribution in [1.29, 1.82) is 0 Å². The van der Waals surface area contributed by atoms with Gasteiger partial charge in [-0.25, -0.2) is 0 Å². The van der Waals surface area contributed by atoms with Gasteiger partial charge in [0.15, 0.2) is 0 Å². The van der Waals surface area contributed by atoms with E-state index in [1.807, 2.05) is 30.3 Å². The van der Waals surface area contributed by atoms with Gasteiger partial charge in [-0.2, -0.15) is 0 Å². The maximum atomic E-state index is 12.2. The summed E-state index contributed by atoms with van der Waals surface area (Å²) in [7, 11) is -2.66. The minimum Gasteiger partial charge on any atom is -0.459 e. The van der Waals surface area contributed by atoms with Crippen molar-refractivity contribution in [2.75, 3.05) is 6.61 Å². The highest BCUT2D eigenvalue weighted by atomic mass is 28.4. The number of benzene rings is 3. The fraction of sp³-hybridized carbons (Fsp3) is 0.296. The van der Waals surface area contributed by atoms with E-state index in [2.05, 4.69) is 81.4 Å². The molecule has 3 aromatic rings. The molecule has 4 heteroatoms. The van der Waals surface area contributed by atoms with Crippen LogP contribution in [0.3, 0.4) is 0 Å². The lowest BCUT2D eigenvalue weighted by Gasteiger charge is -2.43. The predicted octanol–water partition coefficient (Wildman–Crippen LogP) is 4.66. The maximum Gasteiger partial charge on any atom is 0.306 e. The lowest BCUT2D eigenvalue weighted by molar-refractivity contribution is -0.142. The van der Waals surface area contributed by atoms with E-state index in [4.69, 9.17) is 9.16 Å². The Balaban J connectivity index is 1.72. The van der Waals surface area contributed by atoms with Crippen LogP contribution >= 0.6 is 0 Å². The highest BCUT2D eigenvalue weighted by Gasteiger charge is 2.51. The molecular weight excluding hydrogens is 400 g/mol. The van der Waals surface area contributed by atoms with Gasteiger partial charge in [0, 0.05) is 5.92 Å². The third kappa shape index (κ3) is 4.23. The van der Waals surface area contributed by atoms with Crippen LogP contribution in [-0.4, -0.2) is 27.0 Å². The van der Waals surface area contributed by atoms with Crippen molar-refractivity contribution in [2.45, 2.75) is 44.3 Å². The van der Waals surface area contributed by atoms with Gasteiger partial charge < -0.3 is 9.16 Å². The van der Waals surface area contributed by atoms with Gasteiger partial charge in [0.1, 0.15) is 6.10 Å². The van der Waals surface area contributed by atoms with Crippen LogP contribution in [0, 0.1) is 0 Å². The van der Waals surface area contributed by atoms with Crippen molar-refractivity contribution in [1.82, 2.24) is 0 Å². The standard InChI is InChI=1S/C27H30O3Si/c1-27(2,3)31(22-15-9-5-10-16-22,23-17-11-6-12-18-23)29-20-25-24(19-26(28)30-25)21-13-7-4-8-14-21/h4-18,24-25H,19-20H2,1-3H3/t24-,25-/m1/s1. The molecule has 1 heterocycles. The normalized spacial score (nSPS) is 19.3. The smallest absolute Gasteiger partial charge is 0.306 e. The minimum atomic E-state index is -2.66. The monoisotopic (exact) mass is 430 g/mol. The molecule has 0 N–H and O–H groups in total. The van der Waals surface area contributed by atoms with E-state index in [9.17, 15) is 4.79 Å². The van der Waals surface area contributed by atoms with Crippen molar-refractivity contribution >= 4 is 24.7 Å². The highest BCUT2D eigenvalue weighted by molar-refractivity contribution is 6.99. The number of ether oxygens (including phenoxy) is 1. The molecule has 160 valence electrons. The number of rotatable bonds is 6. The SMILES string of the molecule is CC(C)(C)[Si](OC[C@H]1OC(=O)C[C@@H]1c1ccccc1)(c1ccccc1)c1ccccc1. The zero-order valence-electron chi connectivity index (χ0n) is 18.5. The Labute approximate surface area is 186 Å². The molecule has 1 aliphatic rings. The Morgan fingerprint density at radius 3 is 1.81 bits per heavy atom. The van der Waals surface area contributed by atoms with E-state index in [-0.39, 0.29) is 23.0 Å². The van der Waals surface area contributed by atoms with Gasteiger partial charge in [-0.1, -0.05) is 112 Å². The zero-order valence-corrected chi connectivity index (χ0v) is 19.5. The van der Waals surface area contributed by atoms with Crippen LogP contribution in [0.5, 0.6) is 0 Å². The van der Waals surface area contributed by atoms with E-state index in [1.165, 1.54) is 10.4 Å². The molecule has 0 radical (unpaired) electrons. The first kappa shape index (κ1) is 21.5. The van der Waals surface area contributed by atoms with E-state index in [0.717, 1.165) is 5.56 Å². The Bertz CT molecular complexity index is 957. The molecule has 0 unspecified atom stereocenters. The van der Waals surface area contributed by atoms with Crippen LogP contribution in [0.1, 0.15) is 38.7 Å². The Morgan fingerprint density at radius 1 is 0.839 bits per heavy atom. The maximum absolute atomic E-state index is 12.2. The number of carbonyl (C=O) groups is 1. The van der Waals surface area contributed by atoms with Crippen molar-refractivity contribution in [3.05, 3.63) is 96.6 Å². The first-order chi connectivity index (χ1) is 14.9. The lowest BCUT2D eigenvalue weighted by Crippen LogP contribution is -2.67. The Hall–Kier alpha value is -2.69. The van der Waals surface area contributed by atoms with Crippen LogP contribution in [-0.2, 0) is 14.0 Å².